The van der Waals surface area contributed by atoms with Crippen molar-refractivity contribution in [2.45, 2.75) is 57.4 Å². The van der Waals surface area contributed by atoms with Gasteiger partial charge < -0.3 is 10.2 Å². The number of rotatable bonds is 7. The lowest BCUT2D eigenvalue weighted by atomic mass is 10.0. The molecule has 2 unspecified atom stereocenters. The van der Waals surface area contributed by atoms with Crippen molar-refractivity contribution in [1.29, 1.82) is 5.26 Å². The summed E-state index contributed by atoms with van der Waals surface area (Å²) in [6.07, 6.45) is 11.8. The van der Waals surface area contributed by atoms with E-state index in [1.54, 1.807) is 10.6 Å². The molecule has 2 aliphatic rings. The maximum Gasteiger partial charge on any atom is 0.271 e. The second-order valence-electron chi connectivity index (χ2n) is 8.36. The molecule has 2 fully saturated rings. The molecular weight excluding hydrogens is 382 g/mol. The lowest BCUT2D eigenvalue weighted by Gasteiger charge is -2.26. The van der Waals surface area contributed by atoms with Gasteiger partial charge in [-0.25, -0.2) is 4.98 Å². The van der Waals surface area contributed by atoms with Crippen LogP contribution < -0.4 is 5.32 Å². The fourth-order valence-electron chi connectivity index (χ4n) is 4.69. The van der Waals surface area contributed by atoms with Crippen molar-refractivity contribution in [3.8, 4) is 6.07 Å². The third-order valence-electron chi connectivity index (χ3n) is 6.30. The predicted molar refractivity (Wildman–Crippen MR) is 108 cm³/mol. The molecule has 2 aromatic heterocycles. The third-order valence-corrected chi connectivity index (χ3v) is 6.30. The van der Waals surface area contributed by atoms with Crippen molar-refractivity contribution in [3.63, 3.8) is 0 Å². The van der Waals surface area contributed by atoms with Gasteiger partial charge in [-0.1, -0.05) is 0 Å². The van der Waals surface area contributed by atoms with E-state index in [-0.39, 0.29) is 23.8 Å². The van der Waals surface area contributed by atoms with E-state index in [4.69, 9.17) is 5.26 Å². The lowest BCUT2D eigenvalue weighted by Crippen LogP contribution is -2.37. The summed E-state index contributed by atoms with van der Waals surface area (Å²) in [5, 5.41) is 19.6. The SMILES string of the molecule is N#CC1CCC(CC(=O)N2CCC[C@@H]2CCCNC(=O)c2cn3cnnc3cn2)C1. The summed E-state index contributed by atoms with van der Waals surface area (Å²) >= 11 is 0. The van der Waals surface area contributed by atoms with Crippen molar-refractivity contribution in [3.05, 3.63) is 24.4 Å². The highest BCUT2D eigenvalue weighted by molar-refractivity contribution is 5.92. The van der Waals surface area contributed by atoms with E-state index < -0.39 is 0 Å². The Morgan fingerprint density at radius 2 is 2.20 bits per heavy atom. The van der Waals surface area contributed by atoms with Crippen molar-refractivity contribution < 1.29 is 9.59 Å². The number of aromatic nitrogens is 4. The molecule has 1 N–H and O–H groups in total. The molecule has 0 radical (unpaired) electrons. The first-order valence-electron chi connectivity index (χ1n) is 10.8. The average molecular weight is 409 g/mol. The zero-order valence-electron chi connectivity index (χ0n) is 17.0. The summed E-state index contributed by atoms with van der Waals surface area (Å²) in [6, 6.07) is 2.60. The molecule has 1 saturated heterocycles. The van der Waals surface area contributed by atoms with E-state index in [1.807, 2.05) is 4.90 Å². The van der Waals surface area contributed by atoms with Crippen LogP contribution in [0.25, 0.3) is 5.65 Å². The van der Waals surface area contributed by atoms with Gasteiger partial charge >= 0.3 is 0 Å². The zero-order chi connectivity index (χ0) is 20.9. The Morgan fingerprint density at radius 3 is 3.03 bits per heavy atom. The van der Waals surface area contributed by atoms with Crippen molar-refractivity contribution in [2.24, 2.45) is 11.8 Å². The van der Waals surface area contributed by atoms with Crippen molar-refractivity contribution in [1.82, 2.24) is 29.8 Å². The number of hydrogen-bond donors (Lipinski definition) is 1. The maximum absolute atomic E-state index is 12.8. The first-order valence-corrected chi connectivity index (χ1v) is 10.8. The summed E-state index contributed by atoms with van der Waals surface area (Å²) in [7, 11) is 0. The summed E-state index contributed by atoms with van der Waals surface area (Å²) in [5.41, 5.74) is 0.922. The van der Waals surface area contributed by atoms with Crippen LogP contribution in [0.2, 0.25) is 0 Å². The Kier molecular flexibility index (Phi) is 6.21. The minimum absolute atomic E-state index is 0.126. The van der Waals surface area contributed by atoms with Crippen LogP contribution >= 0.6 is 0 Å². The first-order chi connectivity index (χ1) is 14.6. The molecule has 1 saturated carbocycles. The van der Waals surface area contributed by atoms with Gasteiger partial charge in [-0.3, -0.25) is 14.0 Å². The molecule has 0 bridgehead atoms. The Labute approximate surface area is 175 Å². The fourth-order valence-corrected chi connectivity index (χ4v) is 4.69. The Balaban J connectivity index is 1.20. The molecule has 2 amide bonds. The molecule has 0 spiro atoms. The number of carbonyl (C=O) groups is 2. The molecule has 4 rings (SSSR count). The van der Waals surface area contributed by atoms with Gasteiger partial charge in [0.1, 0.15) is 12.0 Å². The molecule has 9 nitrogen and oxygen atoms in total. The van der Waals surface area contributed by atoms with Crippen LogP contribution in [0.15, 0.2) is 18.7 Å². The summed E-state index contributed by atoms with van der Waals surface area (Å²) in [4.78, 5) is 31.2. The number of fused-ring (bicyclic) bond motifs is 1. The quantitative estimate of drug-likeness (QED) is 0.699. The zero-order valence-corrected chi connectivity index (χ0v) is 17.0. The van der Waals surface area contributed by atoms with Gasteiger partial charge in [0.25, 0.3) is 5.91 Å². The maximum atomic E-state index is 12.8. The number of likely N-dealkylation sites (tertiary alicyclic amines) is 1. The van der Waals surface area contributed by atoms with Crippen LogP contribution in [0.5, 0.6) is 0 Å². The van der Waals surface area contributed by atoms with Crippen LogP contribution in [0.1, 0.15) is 61.9 Å². The van der Waals surface area contributed by atoms with Crippen LogP contribution in [-0.2, 0) is 4.79 Å². The van der Waals surface area contributed by atoms with Gasteiger partial charge in [0.2, 0.25) is 5.91 Å². The Morgan fingerprint density at radius 1 is 1.30 bits per heavy atom. The van der Waals surface area contributed by atoms with Gasteiger partial charge in [-0.05, 0) is 50.9 Å². The predicted octanol–water partition coefficient (Wildman–Crippen LogP) is 1.96. The summed E-state index contributed by atoms with van der Waals surface area (Å²) < 4.78 is 1.66. The van der Waals surface area contributed by atoms with Gasteiger partial charge in [0.15, 0.2) is 5.65 Å². The number of amides is 2. The number of nitrogens with zero attached hydrogens (tertiary/aromatic N) is 6. The third kappa shape index (κ3) is 4.58. The molecule has 1 aliphatic carbocycles. The minimum Gasteiger partial charge on any atom is -0.351 e. The standard InChI is InChI=1S/C21H27N7O2/c22-11-16-6-5-15(9-16)10-20(29)28-8-2-4-17(28)3-1-7-23-21(30)18-13-27-14-25-26-19(27)12-24-18/h12-17H,1-10H2,(H,23,30)/t15?,16?,17-/m0/s1. The molecular formula is C21H27N7O2. The number of nitrogens with one attached hydrogen (secondary N) is 1. The molecule has 3 atom stereocenters. The molecule has 9 heteroatoms. The molecule has 158 valence electrons. The second-order valence-corrected chi connectivity index (χ2v) is 8.36. The summed E-state index contributed by atoms with van der Waals surface area (Å²) in [5.74, 6) is 0.494. The minimum atomic E-state index is -0.224. The fraction of sp³-hybridized carbons (Fsp3) is 0.619. The normalized spacial score (nSPS) is 23.6. The topological polar surface area (TPSA) is 116 Å². The van der Waals surface area contributed by atoms with E-state index in [9.17, 15) is 9.59 Å². The van der Waals surface area contributed by atoms with Gasteiger partial charge in [0, 0.05) is 37.7 Å². The van der Waals surface area contributed by atoms with Gasteiger partial charge in [0.05, 0.1) is 12.3 Å². The van der Waals surface area contributed by atoms with E-state index >= 15 is 0 Å². The molecule has 0 aromatic carbocycles. The number of hydrogen-bond acceptors (Lipinski definition) is 6. The van der Waals surface area contributed by atoms with E-state index in [0.29, 0.717) is 30.2 Å². The Hall–Kier alpha value is -3.02. The highest BCUT2D eigenvalue weighted by atomic mass is 16.2. The van der Waals surface area contributed by atoms with E-state index in [0.717, 1.165) is 51.5 Å². The molecule has 2 aromatic rings. The molecule has 30 heavy (non-hydrogen) atoms. The Bertz CT molecular complexity index is 950. The number of carbonyl (C=O) groups excluding carboxylic acids is 2. The van der Waals surface area contributed by atoms with Gasteiger partial charge in [-0.2, -0.15) is 5.26 Å². The highest BCUT2D eigenvalue weighted by Crippen LogP contribution is 2.34. The van der Waals surface area contributed by atoms with E-state index in [2.05, 4.69) is 26.6 Å². The van der Waals surface area contributed by atoms with Crippen LogP contribution in [0.4, 0.5) is 0 Å². The average Bonchev–Trinajstić information content (AvgIpc) is 3.50. The van der Waals surface area contributed by atoms with Crippen LogP contribution in [0.3, 0.4) is 0 Å². The largest absolute Gasteiger partial charge is 0.351 e. The van der Waals surface area contributed by atoms with Crippen LogP contribution in [0, 0.1) is 23.2 Å². The van der Waals surface area contributed by atoms with Crippen LogP contribution in [-0.4, -0.2) is 55.4 Å². The smallest absolute Gasteiger partial charge is 0.271 e. The van der Waals surface area contributed by atoms with Crippen molar-refractivity contribution in [2.75, 3.05) is 13.1 Å². The monoisotopic (exact) mass is 409 g/mol. The lowest BCUT2D eigenvalue weighted by molar-refractivity contribution is -0.133. The first kappa shape index (κ1) is 20.3. The second kappa shape index (κ2) is 9.20. The van der Waals surface area contributed by atoms with E-state index in [1.165, 1.54) is 12.5 Å². The molecule has 1 aliphatic heterocycles. The van der Waals surface area contributed by atoms with Crippen molar-refractivity contribution >= 4 is 17.5 Å². The molecule has 3 heterocycles. The number of nitriles is 1. The highest BCUT2D eigenvalue weighted by Gasteiger charge is 2.32. The summed E-state index contributed by atoms with van der Waals surface area (Å²) in [6.45, 7) is 1.37. The van der Waals surface area contributed by atoms with Gasteiger partial charge in [-0.15, -0.1) is 10.2 Å².